The van der Waals surface area contributed by atoms with E-state index in [0.717, 1.165) is 18.4 Å². The quantitative estimate of drug-likeness (QED) is 0.780. The molecule has 0 radical (unpaired) electrons. The van der Waals surface area contributed by atoms with Gasteiger partial charge in [0.25, 0.3) is 0 Å². The number of ether oxygens (including phenoxy) is 1. The van der Waals surface area contributed by atoms with Gasteiger partial charge < -0.3 is 9.64 Å². The second-order valence-electron chi connectivity index (χ2n) is 7.00. The summed E-state index contributed by atoms with van der Waals surface area (Å²) in [5.41, 5.74) is 0.974. The zero-order valence-corrected chi connectivity index (χ0v) is 15.4. The molecule has 1 amide bonds. The first-order valence-electron chi connectivity index (χ1n) is 8.28. The van der Waals surface area contributed by atoms with Crippen LogP contribution < -0.4 is 0 Å². The topological polar surface area (TPSA) is 59.0 Å². The average Bonchev–Trinajstić information content (AvgIpc) is 2.58. The summed E-state index contributed by atoms with van der Waals surface area (Å²) < 4.78 is 21.2. The third-order valence-corrected chi connectivity index (χ3v) is 5.17. The first-order chi connectivity index (χ1) is 11.4. The molecular weight excluding hydrogens is 324 g/mol. The molecule has 0 aromatic heterocycles. The van der Waals surface area contributed by atoms with Crippen molar-refractivity contribution in [1.82, 2.24) is 4.90 Å². The maximum Gasteiger partial charge on any atom is 0.410 e. The number of amides is 1. The lowest BCUT2D eigenvalue weighted by molar-refractivity contribution is 0.0854. The van der Waals surface area contributed by atoms with E-state index in [9.17, 15) is 9.00 Å². The lowest BCUT2D eigenvalue weighted by Crippen LogP contribution is -2.40. The fourth-order valence-corrected chi connectivity index (χ4v) is 3.01. The molecule has 1 saturated heterocycles. The monoisotopic (exact) mass is 350 g/mol. The highest BCUT2D eigenvalue weighted by atomic mass is 32.2. The number of likely N-dealkylation sites (tertiary alicyclic amines) is 1. The van der Waals surface area contributed by atoms with Crippen LogP contribution in [-0.4, -0.2) is 39.3 Å². The Morgan fingerprint density at radius 3 is 2.75 bits per heavy atom. The molecule has 0 aliphatic carbocycles. The maximum absolute atomic E-state index is 12.2. The van der Waals surface area contributed by atoms with E-state index in [0.29, 0.717) is 13.1 Å². The predicted molar refractivity (Wildman–Crippen MR) is 97.3 cm³/mol. The van der Waals surface area contributed by atoms with Crippen molar-refractivity contribution in [3.05, 3.63) is 35.9 Å². The van der Waals surface area contributed by atoms with Crippen molar-refractivity contribution < 1.29 is 13.7 Å². The Morgan fingerprint density at radius 1 is 1.38 bits per heavy atom. The molecule has 1 fully saturated rings. The molecule has 1 aromatic rings. The molecule has 1 unspecified atom stereocenters. The number of carbonyl (C=O) groups excluding carboxylic acids is 1. The van der Waals surface area contributed by atoms with Crippen LogP contribution in [0.3, 0.4) is 0 Å². The lowest BCUT2D eigenvalue weighted by Gasteiger charge is -2.30. The van der Waals surface area contributed by atoms with Crippen LogP contribution in [0, 0.1) is 5.92 Å². The number of nitrogens with zero attached hydrogens (tertiary/aromatic N) is 2. The summed E-state index contributed by atoms with van der Waals surface area (Å²) in [7, 11) is -1.25. The minimum Gasteiger partial charge on any atom is -0.445 e. The Morgan fingerprint density at radius 2 is 2.08 bits per heavy atom. The fraction of sp³-hybridized carbons (Fsp3) is 0.556. The van der Waals surface area contributed by atoms with Gasteiger partial charge in [0.05, 0.1) is 4.75 Å². The summed E-state index contributed by atoms with van der Waals surface area (Å²) in [4.78, 5) is 13.9. The Kier molecular flexibility index (Phi) is 6.54. The van der Waals surface area contributed by atoms with E-state index >= 15 is 0 Å². The van der Waals surface area contributed by atoms with E-state index in [1.807, 2.05) is 51.1 Å². The van der Waals surface area contributed by atoms with Crippen LogP contribution in [-0.2, 0) is 22.3 Å². The predicted octanol–water partition coefficient (Wildman–Crippen LogP) is 3.57. The molecule has 1 aliphatic rings. The molecule has 0 bridgehead atoms. The van der Waals surface area contributed by atoms with E-state index in [1.165, 1.54) is 0 Å². The van der Waals surface area contributed by atoms with Gasteiger partial charge in [-0.3, -0.25) is 0 Å². The molecule has 1 aliphatic heterocycles. The van der Waals surface area contributed by atoms with Gasteiger partial charge in [-0.2, -0.15) is 4.40 Å². The molecule has 0 N–H and O–H groups in total. The van der Waals surface area contributed by atoms with E-state index in [4.69, 9.17) is 4.74 Å². The second-order valence-corrected chi connectivity index (χ2v) is 8.94. The van der Waals surface area contributed by atoms with Crippen LogP contribution in [0.15, 0.2) is 34.7 Å². The molecule has 2 atom stereocenters. The number of carbonyl (C=O) groups is 1. The molecule has 0 saturated carbocycles. The van der Waals surface area contributed by atoms with Crippen LogP contribution in [0.5, 0.6) is 0 Å². The number of hydrogen-bond donors (Lipinski definition) is 0. The molecule has 0 spiro atoms. The molecule has 6 heteroatoms. The van der Waals surface area contributed by atoms with Gasteiger partial charge in [0.1, 0.15) is 17.6 Å². The van der Waals surface area contributed by atoms with Crippen molar-refractivity contribution >= 4 is 23.3 Å². The van der Waals surface area contributed by atoms with Crippen LogP contribution in [0.2, 0.25) is 0 Å². The van der Waals surface area contributed by atoms with Crippen LogP contribution in [0.1, 0.15) is 39.2 Å². The largest absolute Gasteiger partial charge is 0.445 e. The third-order valence-electron chi connectivity index (χ3n) is 3.81. The van der Waals surface area contributed by atoms with Crippen LogP contribution in [0.25, 0.3) is 0 Å². The molecular formula is C18H26N2O3S. The number of hydrogen-bond acceptors (Lipinski definition) is 3. The van der Waals surface area contributed by atoms with Crippen LogP contribution >= 0.6 is 0 Å². The molecule has 132 valence electrons. The van der Waals surface area contributed by atoms with E-state index < -0.39 is 11.0 Å². The highest BCUT2D eigenvalue weighted by molar-refractivity contribution is 7.85. The molecule has 1 heterocycles. The first kappa shape index (κ1) is 18.6. The normalized spacial score (nSPS) is 20.1. The minimum absolute atomic E-state index is 0.134. The van der Waals surface area contributed by atoms with Crippen molar-refractivity contribution in [3.63, 3.8) is 0 Å². The van der Waals surface area contributed by atoms with Crippen molar-refractivity contribution in [3.8, 4) is 0 Å². The summed E-state index contributed by atoms with van der Waals surface area (Å²) in [6.07, 6.45) is 3.30. The summed E-state index contributed by atoms with van der Waals surface area (Å²) in [5, 5.41) is 0. The standard InChI is InChI=1S/C18H26N2O3S/c1-18(2,3)24(22)19-12-16-10-7-11-20(13-16)17(21)23-14-15-8-5-4-6-9-15/h4-6,8-9,12,16H,7,10-11,13-14H2,1-3H3/b19-12+/t16?,24-/m0/s1. The van der Waals surface area contributed by atoms with Gasteiger partial charge >= 0.3 is 6.09 Å². The summed E-state index contributed by atoms with van der Waals surface area (Å²) in [6, 6.07) is 9.64. The molecule has 1 aromatic carbocycles. The smallest absolute Gasteiger partial charge is 0.410 e. The van der Waals surface area contributed by atoms with Crippen molar-refractivity contribution in [2.24, 2.45) is 10.3 Å². The summed E-state index contributed by atoms with van der Waals surface area (Å²) in [5.74, 6) is 0.134. The van der Waals surface area contributed by atoms with E-state index in [1.54, 1.807) is 11.1 Å². The molecule has 24 heavy (non-hydrogen) atoms. The second kappa shape index (κ2) is 8.42. The lowest BCUT2D eigenvalue weighted by atomic mass is 10.00. The van der Waals surface area contributed by atoms with Gasteiger partial charge in [0.2, 0.25) is 0 Å². The zero-order valence-electron chi connectivity index (χ0n) is 14.6. The van der Waals surface area contributed by atoms with Crippen molar-refractivity contribution in [2.75, 3.05) is 13.1 Å². The van der Waals surface area contributed by atoms with E-state index in [-0.39, 0.29) is 23.4 Å². The summed E-state index contributed by atoms with van der Waals surface area (Å²) in [6.45, 7) is 7.24. The zero-order chi connectivity index (χ0) is 17.6. The van der Waals surface area contributed by atoms with Gasteiger partial charge in [-0.05, 0) is 39.2 Å². The van der Waals surface area contributed by atoms with Crippen molar-refractivity contribution in [1.29, 1.82) is 0 Å². The Bertz CT molecular complexity index is 596. The maximum atomic E-state index is 12.2. The SMILES string of the molecule is CC(C)(C)[S@](=O)/N=C/C1CCCN(C(=O)OCc2ccccc2)C1. The number of benzene rings is 1. The minimum atomic E-state index is -1.25. The van der Waals surface area contributed by atoms with Gasteiger partial charge in [-0.1, -0.05) is 30.3 Å². The fourth-order valence-electron chi connectivity index (χ4n) is 2.41. The van der Waals surface area contributed by atoms with Gasteiger partial charge in [-0.25, -0.2) is 9.00 Å². The third kappa shape index (κ3) is 5.74. The Balaban J connectivity index is 1.85. The van der Waals surface area contributed by atoms with E-state index in [2.05, 4.69) is 4.40 Å². The first-order valence-corrected chi connectivity index (χ1v) is 9.39. The van der Waals surface area contributed by atoms with Crippen LogP contribution in [0.4, 0.5) is 4.79 Å². The van der Waals surface area contributed by atoms with Gasteiger partial charge in [-0.15, -0.1) is 0 Å². The van der Waals surface area contributed by atoms with Gasteiger partial charge in [0.15, 0.2) is 0 Å². The van der Waals surface area contributed by atoms with Gasteiger partial charge in [0, 0.05) is 25.2 Å². The Hall–Kier alpha value is -1.69. The Labute approximate surface area is 146 Å². The number of piperidine rings is 1. The number of rotatable bonds is 4. The highest BCUT2D eigenvalue weighted by Gasteiger charge is 2.25. The average molecular weight is 350 g/mol. The highest BCUT2D eigenvalue weighted by Crippen LogP contribution is 2.18. The molecule has 2 rings (SSSR count). The molecule has 5 nitrogen and oxygen atoms in total. The van der Waals surface area contributed by atoms with Crippen molar-refractivity contribution in [2.45, 2.75) is 45.0 Å². The summed E-state index contributed by atoms with van der Waals surface area (Å²) >= 11 is 0.